The summed E-state index contributed by atoms with van der Waals surface area (Å²) in [4.78, 5) is 1.66. The van der Waals surface area contributed by atoms with Gasteiger partial charge in [-0.3, -0.25) is 0 Å². The number of sulfone groups is 2. The van der Waals surface area contributed by atoms with E-state index >= 15 is 0 Å². The molecule has 1 aliphatic rings. The van der Waals surface area contributed by atoms with Crippen LogP contribution in [0.1, 0.15) is 12.8 Å². The summed E-state index contributed by atoms with van der Waals surface area (Å²) in [6, 6.07) is 9.37. The van der Waals surface area contributed by atoms with Gasteiger partial charge in [-0.25, -0.2) is 16.8 Å². The lowest BCUT2D eigenvalue weighted by molar-refractivity contribution is -0.0442. The van der Waals surface area contributed by atoms with Gasteiger partial charge in [0.2, 0.25) is 0 Å². The standard InChI is InChI=1S/C14H11F3N2O3S2.C8H4F3NO2S2/c15-14(16,17)24(21,22)10-5-3-9(4-6-10)19-13(23)11(7-18)12(20)8-1-2-8;9-8(10,11)16(13,14)7-3-1-6(2-4-7)12-5-15/h3-6,8,20H,1-2H2,(H,19,23);1-4H/b12-11+;. The number of allylic oxidation sites excluding steroid dienone is 1. The largest absolute Gasteiger partial charge is 0.511 e. The number of aliphatic imine (C=N–C) groups is 1. The second kappa shape index (κ2) is 12.4. The van der Waals surface area contributed by atoms with Crippen molar-refractivity contribution in [1.29, 1.82) is 5.26 Å². The zero-order valence-corrected chi connectivity index (χ0v) is 22.8. The second-order valence-electron chi connectivity index (χ2n) is 7.72. The number of isothiocyanates is 1. The number of thiocarbonyl (C=S) groups is 2. The molecule has 0 amide bonds. The smallest absolute Gasteiger partial charge is 0.501 e. The fraction of sp³-hybridized carbons (Fsp3) is 0.227. The zero-order valence-electron chi connectivity index (χ0n) is 19.5. The van der Waals surface area contributed by atoms with Gasteiger partial charge in [-0.1, -0.05) is 12.2 Å². The molecule has 18 heteroatoms. The van der Waals surface area contributed by atoms with Gasteiger partial charge in [0, 0.05) is 11.6 Å². The van der Waals surface area contributed by atoms with Gasteiger partial charge in [0.15, 0.2) is 0 Å². The van der Waals surface area contributed by atoms with Gasteiger partial charge in [0.25, 0.3) is 19.7 Å². The van der Waals surface area contributed by atoms with Gasteiger partial charge in [0.05, 0.1) is 20.6 Å². The molecule has 2 aromatic rings. The van der Waals surface area contributed by atoms with Crippen LogP contribution in [0.3, 0.4) is 0 Å². The zero-order chi connectivity index (χ0) is 30.5. The van der Waals surface area contributed by atoms with Crippen molar-refractivity contribution in [2.75, 3.05) is 5.32 Å². The molecule has 8 nitrogen and oxygen atoms in total. The van der Waals surface area contributed by atoms with E-state index in [0.29, 0.717) is 0 Å². The first-order valence-electron chi connectivity index (χ1n) is 10.4. The van der Waals surface area contributed by atoms with Gasteiger partial charge in [-0.2, -0.15) is 36.6 Å². The van der Waals surface area contributed by atoms with Crippen LogP contribution in [0.15, 0.2) is 74.6 Å². The molecule has 0 atom stereocenters. The minimum absolute atomic E-state index is 0.0895. The first kappa shape index (κ1) is 32.8. The number of hydrogen-bond donors (Lipinski definition) is 2. The summed E-state index contributed by atoms with van der Waals surface area (Å²) in [5.41, 5.74) is -10.4. The number of aliphatic hydroxyl groups excluding tert-OH is 1. The van der Waals surface area contributed by atoms with E-state index < -0.39 is 40.5 Å². The third-order valence-corrected chi connectivity index (χ3v) is 8.31. The molecular formula is C22H15F6N3O5S4. The molecule has 40 heavy (non-hydrogen) atoms. The van der Waals surface area contributed by atoms with Crippen LogP contribution in [-0.2, 0) is 19.7 Å². The van der Waals surface area contributed by atoms with Crippen LogP contribution in [0, 0.1) is 17.2 Å². The highest BCUT2D eigenvalue weighted by Gasteiger charge is 2.47. The summed E-state index contributed by atoms with van der Waals surface area (Å²) < 4.78 is 118. The first-order valence-corrected chi connectivity index (χ1v) is 14.2. The predicted octanol–water partition coefficient (Wildman–Crippen LogP) is 6.18. The minimum Gasteiger partial charge on any atom is -0.511 e. The van der Waals surface area contributed by atoms with E-state index in [1.165, 1.54) is 0 Å². The number of hydrogen-bond acceptors (Lipinski definition) is 9. The van der Waals surface area contributed by atoms with Crippen molar-refractivity contribution in [2.45, 2.75) is 33.6 Å². The number of rotatable bonds is 6. The van der Waals surface area contributed by atoms with E-state index in [-0.39, 0.29) is 33.6 Å². The highest BCUT2D eigenvalue weighted by Crippen LogP contribution is 2.37. The molecule has 0 saturated heterocycles. The number of halogens is 6. The topological polar surface area (TPSA) is 137 Å². The van der Waals surface area contributed by atoms with Crippen LogP contribution >= 0.6 is 24.4 Å². The van der Waals surface area contributed by atoms with Crippen LogP contribution in [0.2, 0.25) is 0 Å². The quantitative estimate of drug-likeness (QED) is 0.0944. The molecule has 1 aliphatic carbocycles. The second-order valence-corrected chi connectivity index (χ2v) is 12.2. The van der Waals surface area contributed by atoms with Crippen molar-refractivity contribution >= 4 is 65.6 Å². The third kappa shape index (κ3) is 7.86. The highest BCUT2D eigenvalue weighted by atomic mass is 32.2. The molecule has 0 aromatic heterocycles. The molecule has 0 spiro atoms. The number of alkyl halides is 6. The van der Waals surface area contributed by atoms with Crippen molar-refractivity contribution in [3.8, 4) is 6.07 Å². The van der Waals surface area contributed by atoms with E-state index in [9.17, 15) is 48.3 Å². The Kier molecular flexibility index (Phi) is 10.2. The van der Waals surface area contributed by atoms with Gasteiger partial charge >= 0.3 is 11.0 Å². The maximum atomic E-state index is 12.5. The predicted molar refractivity (Wildman–Crippen MR) is 138 cm³/mol. The van der Waals surface area contributed by atoms with Crippen LogP contribution < -0.4 is 5.32 Å². The molecular weight excluding hydrogens is 629 g/mol. The molecule has 214 valence electrons. The summed E-state index contributed by atoms with van der Waals surface area (Å²) in [7, 11) is -10.7. The van der Waals surface area contributed by atoms with Crippen LogP contribution in [0.25, 0.3) is 0 Å². The van der Waals surface area contributed by atoms with Gasteiger partial charge in [-0.05, 0) is 73.6 Å². The summed E-state index contributed by atoms with van der Waals surface area (Å²) >= 11 is 9.28. The van der Waals surface area contributed by atoms with Gasteiger partial charge in [0.1, 0.15) is 22.4 Å². The lowest BCUT2D eigenvalue weighted by Gasteiger charge is -2.11. The molecule has 0 unspecified atom stereocenters. The average molecular weight is 644 g/mol. The molecule has 0 aliphatic heterocycles. The Morgan fingerprint density at radius 1 is 0.900 bits per heavy atom. The van der Waals surface area contributed by atoms with E-state index in [2.05, 4.69) is 22.5 Å². The Balaban J connectivity index is 0.000000305. The normalized spacial score (nSPS) is 14.4. The SMILES string of the molecule is N#C/C(C(=S)Nc1ccc(S(=O)(=O)C(F)(F)F)cc1)=C(\O)C1CC1.O=S(=O)(c1ccc(N=C=S)cc1)C(F)(F)F. The number of benzene rings is 2. The summed E-state index contributed by atoms with van der Waals surface area (Å²) in [6.45, 7) is 0. The molecule has 2 N–H and O–H groups in total. The molecule has 0 bridgehead atoms. The Morgan fingerprint density at radius 2 is 1.32 bits per heavy atom. The van der Waals surface area contributed by atoms with Crippen molar-refractivity contribution in [3.05, 3.63) is 59.9 Å². The average Bonchev–Trinajstić information content (AvgIpc) is 3.70. The number of nitriles is 1. The third-order valence-electron chi connectivity index (χ3n) is 4.91. The molecule has 0 heterocycles. The van der Waals surface area contributed by atoms with Crippen LogP contribution in [0.4, 0.5) is 37.7 Å². The monoisotopic (exact) mass is 643 g/mol. The van der Waals surface area contributed by atoms with E-state index in [4.69, 9.17) is 17.5 Å². The van der Waals surface area contributed by atoms with Gasteiger partial charge in [-0.15, -0.1) is 0 Å². The number of anilines is 1. The number of nitrogens with zero attached hydrogens (tertiary/aromatic N) is 2. The van der Waals surface area contributed by atoms with Crippen molar-refractivity contribution in [3.63, 3.8) is 0 Å². The van der Waals surface area contributed by atoms with Crippen LogP contribution in [0.5, 0.6) is 0 Å². The molecule has 3 rings (SSSR count). The Labute approximate surface area is 234 Å². The lowest BCUT2D eigenvalue weighted by Crippen LogP contribution is -2.23. The highest BCUT2D eigenvalue weighted by molar-refractivity contribution is 7.92. The summed E-state index contributed by atoms with van der Waals surface area (Å²) in [6.07, 6.45) is 1.51. The van der Waals surface area contributed by atoms with Crippen molar-refractivity contribution in [1.82, 2.24) is 0 Å². The Bertz CT molecular complexity index is 1600. The van der Waals surface area contributed by atoms with E-state index in [0.717, 1.165) is 61.4 Å². The molecule has 1 fully saturated rings. The lowest BCUT2D eigenvalue weighted by atomic mass is 10.2. The maximum absolute atomic E-state index is 12.5. The Hall–Kier alpha value is -3.36. The molecule has 2 aromatic carbocycles. The van der Waals surface area contributed by atoms with E-state index in [1.54, 1.807) is 6.07 Å². The van der Waals surface area contributed by atoms with Gasteiger partial charge < -0.3 is 10.4 Å². The summed E-state index contributed by atoms with van der Waals surface area (Å²) in [5.74, 6) is -0.218. The fourth-order valence-corrected chi connectivity index (χ4v) is 4.61. The molecule has 0 radical (unpaired) electrons. The van der Waals surface area contributed by atoms with E-state index in [1.807, 2.05) is 5.16 Å². The summed E-state index contributed by atoms with van der Waals surface area (Å²) in [5, 5.41) is 23.5. The number of aliphatic hydroxyl groups is 1. The van der Waals surface area contributed by atoms with Crippen LogP contribution in [-0.4, -0.2) is 43.1 Å². The Morgan fingerprint density at radius 3 is 1.68 bits per heavy atom. The fourth-order valence-electron chi connectivity index (χ4n) is 2.72. The van der Waals surface area contributed by atoms with Crippen molar-refractivity contribution < 1.29 is 48.3 Å². The first-order chi connectivity index (χ1) is 18.4. The number of nitrogens with one attached hydrogen (secondary N) is 1. The molecule has 1 saturated carbocycles. The van der Waals surface area contributed by atoms with Crippen molar-refractivity contribution in [2.24, 2.45) is 10.9 Å². The maximum Gasteiger partial charge on any atom is 0.501 e. The minimum atomic E-state index is -5.42.